The summed E-state index contributed by atoms with van der Waals surface area (Å²) in [4.78, 5) is 26.0. The van der Waals surface area contributed by atoms with Crippen LogP contribution in [-0.2, 0) is 0 Å². The molecule has 0 aliphatic heterocycles. The number of carbonyl (C=O) groups excluding carboxylic acids is 2. The summed E-state index contributed by atoms with van der Waals surface area (Å²) in [5.74, 6) is 0.547. The zero-order valence-corrected chi connectivity index (χ0v) is 20.6. The van der Waals surface area contributed by atoms with Crippen LogP contribution in [0.1, 0.15) is 46.3 Å². The summed E-state index contributed by atoms with van der Waals surface area (Å²) in [6.45, 7) is 4.55. The van der Waals surface area contributed by atoms with Crippen molar-refractivity contribution in [2.45, 2.75) is 20.0 Å². The zero-order chi connectivity index (χ0) is 24.7. The van der Waals surface area contributed by atoms with Crippen molar-refractivity contribution in [1.29, 1.82) is 0 Å². The topological polar surface area (TPSA) is 76.7 Å². The van der Waals surface area contributed by atoms with Gasteiger partial charge in [0.05, 0.1) is 13.7 Å². The molecule has 2 N–H and O–H groups in total. The van der Waals surface area contributed by atoms with E-state index >= 15 is 0 Å². The molecule has 3 rings (SSSR count). The third-order valence-corrected chi connectivity index (χ3v) is 5.29. The van der Waals surface area contributed by atoms with Crippen LogP contribution in [0, 0.1) is 5.92 Å². The lowest BCUT2D eigenvalue weighted by Crippen LogP contribution is -2.41. The highest BCUT2D eigenvalue weighted by Crippen LogP contribution is 2.30. The number of rotatable bonds is 9. The van der Waals surface area contributed by atoms with Crippen molar-refractivity contribution in [2.24, 2.45) is 5.92 Å². The van der Waals surface area contributed by atoms with E-state index in [1.807, 2.05) is 13.8 Å². The fourth-order valence-electron chi connectivity index (χ4n) is 3.13. The number of ether oxygens (including phenoxy) is 2. The molecule has 0 atom stereocenters. The third kappa shape index (κ3) is 6.89. The molecule has 0 spiro atoms. The molecule has 0 aliphatic carbocycles. The van der Waals surface area contributed by atoms with Crippen LogP contribution < -0.4 is 20.1 Å². The lowest BCUT2D eigenvalue weighted by atomic mass is 10.1. The van der Waals surface area contributed by atoms with Crippen LogP contribution in [0.15, 0.2) is 66.7 Å². The second-order valence-electron chi connectivity index (χ2n) is 8.02. The molecule has 0 saturated carbocycles. The first-order chi connectivity index (χ1) is 16.3. The van der Waals surface area contributed by atoms with Crippen LogP contribution in [0.4, 0.5) is 0 Å². The predicted octanol–water partition coefficient (Wildman–Crippen LogP) is 5.90. The smallest absolute Gasteiger partial charge is 0.253 e. The molecule has 0 bridgehead atoms. The number of hydrogen-bond donors (Lipinski definition) is 2. The Bertz CT molecular complexity index is 1110. The average Bonchev–Trinajstić information content (AvgIpc) is 2.82. The SMILES string of the molecule is COc1ccc(C(NC(=O)c2cccc(Cl)c2)NC(=O)c2cccc(Cl)c2)cc1OCC(C)C. The summed E-state index contributed by atoms with van der Waals surface area (Å²) in [6, 6.07) is 18.3. The first-order valence-electron chi connectivity index (χ1n) is 10.7. The van der Waals surface area contributed by atoms with Crippen LogP contribution in [-0.4, -0.2) is 25.5 Å². The molecule has 0 unspecified atom stereocenters. The van der Waals surface area contributed by atoms with Crippen molar-refractivity contribution in [1.82, 2.24) is 10.6 Å². The highest BCUT2D eigenvalue weighted by Gasteiger charge is 2.21. The highest BCUT2D eigenvalue weighted by molar-refractivity contribution is 6.31. The second-order valence-corrected chi connectivity index (χ2v) is 8.89. The molecule has 8 heteroatoms. The Hall–Kier alpha value is -3.22. The monoisotopic (exact) mass is 500 g/mol. The summed E-state index contributed by atoms with van der Waals surface area (Å²) in [7, 11) is 1.55. The van der Waals surface area contributed by atoms with E-state index in [0.717, 1.165) is 0 Å². The van der Waals surface area contributed by atoms with Crippen LogP contribution >= 0.6 is 23.2 Å². The van der Waals surface area contributed by atoms with E-state index in [2.05, 4.69) is 10.6 Å². The van der Waals surface area contributed by atoms with Crippen molar-refractivity contribution >= 4 is 35.0 Å². The van der Waals surface area contributed by atoms with Gasteiger partial charge in [-0.15, -0.1) is 0 Å². The molecule has 34 heavy (non-hydrogen) atoms. The molecule has 0 radical (unpaired) electrons. The Morgan fingerprint density at radius 3 is 1.85 bits per heavy atom. The maximum atomic E-state index is 13.0. The maximum Gasteiger partial charge on any atom is 0.253 e. The Kier molecular flexibility index (Phi) is 8.79. The van der Waals surface area contributed by atoms with Gasteiger partial charge in [-0.05, 0) is 60.0 Å². The van der Waals surface area contributed by atoms with Gasteiger partial charge in [-0.1, -0.05) is 55.2 Å². The molecule has 2 amide bonds. The number of halogens is 2. The first kappa shape index (κ1) is 25.4. The van der Waals surface area contributed by atoms with E-state index in [-0.39, 0.29) is 0 Å². The van der Waals surface area contributed by atoms with Crippen molar-refractivity contribution in [3.05, 3.63) is 93.5 Å². The molecule has 6 nitrogen and oxygen atoms in total. The van der Waals surface area contributed by atoms with E-state index in [9.17, 15) is 9.59 Å². The van der Waals surface area contributed by atoms with Crippen molar-refractivity contribution in [3.8, 4) is 11.5 Å². The minimum absolute atomic E-state index is 0.300. The molecule has 0 heterocycles. The Morgan fingerprint density at radius 1 is 0.824 bits per heavy atom. The number of amides is 2. The van der Waals surface area contributed by atoms with Crippen LogP contribution in [0.5, 0.6) is 11.5 Å². The fourth-order valence-corrected chi connectivity index (χ4v) is 3.51. The van der Waals surface area contributed by atoms with Gasteiger partial charge in [0.25, 0.3) is 11.8 Å². The predicted molar refractivity (Wildman–Crippen MR) is 134 cm³/mol. The number of carbonyl (C=O) groups is 2. The molecule has 0 saturated heterocycles. The summed E-state index contributed by atoms with van der Waals surface area (Å²) in [5, 5.41) is 6.59. The summed E-state index contributed by atoms with van der Waals surface area (Å²) in [5.41, 5.74) is 1.32. The molecule has 0 aromatic heterocycles. The second kappa shape index (κ2) is 11.8. The van der Waals surface area contributed by atoms with Gasteiger partial charge >= 0.3 is 0 Å². The van der Waals surface area contributed by atoms with Gasteiger partial charge in [0.15, 0.2) is 11.5 Å². The number of nitrogens with one attached hydrogen (secondary N) is 2. The Balaban J connectivity index is 1.94. The van der Waals surface area contributed by atoms with Gasteiger partial charge in [0.1, 0.15) is 6.17 Å². The van der Waals surface area contributed by atoms with Crippen molar-refractivity contribution < 1.29 is 19.1 Å². The standard InChI is InChI=1S/C26H26Cl2N2O4/c1-16(2)15-34-23-14-17(10-11-22(23)33-3)24(29-25(31)18-6-4-8-20(27)12-18)30-26(32)19-7-5-9-21(28)13-19/h4-14,16,24H,15H2,1-3H3,(H,29,31)(H,30,32). The van der Waals surface area contributed by atoms with Gasteiger partial charge in [-0.3, -0.25) is 9.59 Å². The minimum atomic E-state index is -0.870. The Morgan fingerprint density at radius 2 is 1.38 bits per heavy atom. The molecular formula is C26H26Cl2N2O4. The van der Waals surface area contributed by atoms with Gasteiger partial charge in [-0.2, -0.15) is 0 Å². The van der Waals surface area contributed by atoms with Crippen LogP contribution in [0.2, 0.25) is 10.0 Å². The van der Waals surface area contributed by atoms with Crippen molar-refractivity contribution in [3.63, 3.8) is 0 Å². The largest absolute Gasteiger partial charge is 0.493 e. The van der Waals surface area contributed by atoms with E-state index in [0.29, 0.717) is 50.8 Å². The summed E-state index contributed by atoms with van der Waals surface area (Å²) < 4.78 is 11.3. The van der Waals surface area contributed by atoms with Gasteiger partial charge in [-0.25, -0.2) is 0 Å². The molecule has 3 aromatic rings. The molecule has 0 fully saturated rings. The summed E-state index contributed by atoms with van der Waals surface area (Å²) >= 11 is 12.1. The lowest BCUT2D eigenvalue weighted by molar-refractivity contribution is 0.0883. The zero-order valence-electron chi connectivity index (χ0n) is 19.1. The highest BCUT2D eigenvalue weighted by atomic mass is 35.5. The van der Waals surface area contributed by atoms with Gasteiger partial charge < -0.3 is 20.1 Å². The van der Waals surface area contributed by atoms with E-state index in [1.54, 1.807) is 73.8 Å². The summed E-state index contributed by atoms with van der Waals surface area (Å²) in [6.07, 6.45) is -0.870. The van der Waals surface area contributed by atoms with E-state index in [4.69, 9.17) is 32.7 Å². The lowest BCUT2D eigenvalue weighted by Gasteiger charge is -2.22. The number of hydrogen-bond acceptors (Lipinski definition) is 4. The average molecular weight is 501 g/mol. The van der Waals surface area contributed by atoms with Crippen LogP contribution in [0.3, 0.4) is 0 Å². The maximum absolute atomic E-state index is 13.0. The van der Waals surface area contributed by atoms with E-state index < -0.39 is 18.0 Å². The fraction of sp³-hybridized carbons (Fsp3) is 0.231. The van der Waals surface area contributed by atoms with Gasteiger partial charge in [0, 0.05) is 21.2 Å². The minimum Gasteiger partial charge on any atom is -0.493 e. The first-order valence-corrected chi connectivity index (χ1v) is 11.5. The molecule has 0 aliphatic rings. The number of methoxy groups -OCH3 is 1. The molecule has 178 valence electrons. The van der Waals surface area contributed by atoms with E-state index in [1.165, 1.54) is 0 Å². The quantitative estimate of drug-likeness (QED) is 0.358. The van der Waals surface area contributed by atoms with Crippen LogP contribution in [0.25, 0.3) is 0 Å². The molecular weight excluding hydrogens is 475 g/mol. The molecule has 3 aromatic carbocycles. The number of benzene rings is 3. The normalized spacial score (nSPS) is 10.8. The third-order valence-electron chi connectivity index (χ3n) is 4.82. The Labute approximate surface area is 209 Å². The van der Waals surface area contributed by atoms with Gasteiger partial charge in [0.2, 0.25) is 0 Å². The van der Waals surface area contributed by atoms with Crippen molar-refractivity contribution in [2.75, 3.05) is 13.7 Å².